The molecule has 4 aliphatic heterocycles. The zero-order chi connectivity index (χ0) is 28.1. The molecule has 0 N–H and O–H groups in total. The maximum atomic E-state index is 11.9. The average molecular weight is 570 g/mol. The quantitative estimate of drug-likeness (QED) is 0.337. The van der Waals surface area contributed by atoms with Gasteiger partial charge in [0.1, 0.15) is 11.8 Å². The Balaban J connectivity index is 1.12. The number of aromatic nitrogens is 6. The second-order valence-corrected chi connectivity index (χ2v) is 12.9. The van der Waals surface area contributed by atoms with Crippen molar-refractivity contribution in [2.45, 2.75) is 31.5 Å². The average Bonchev–Trinajstić information content (AvgIpc) is 3.43. The molecule has 4 aromatic rings. The zero-order valence-electron chi connectivity index (χ0n) is 22.4. The van der Waals surface area contributed by atoms with E-state index in [2.05, 4.69) is 47.2 Å². The number of methoxy groups -OCH3 is 1. The number of nitrogens with zero attached hydrogens (tertiary/aromatic N) is 9. The minimum atomic E-state index is -3.06. The van der Waals surface area contributed by atoms with Crippen molar-refractivity contribution < 1.29 is 13.2 Å². The first-order valence-electron chi connectivity index (χ1n) is 13.4. The molecule has 3 saturated heterocycles. The van der Waals surface area contributed by atoms with Crippen molar-refractivity contribution >= 4 is 26.9 Å². The number of piperidine rings is 1. The summed E-state index contributed by atoms with van der Waals surface area (Å²) >= 11 is 0. The van der Waals surface area contributed by atoms with E-state index in [9.17, 15) is 13.7 Å². The Kier molecular flexibility index (Phi) is 6.17. The maximum Gasteiger partial charge on any atom is 0.245 e. The Morgan fingerprint density at radius 1 is 1.12 bits per heavy atom. The third kappa shape index (κ3) is 4.68. The standard InChI is InChI=1S/C28H27N9O3S/c1-40-26-3-2-18(11-30-26)14-36-22-9-23(36)17-35(16-22)28-31-13-25(33-34-28)24-8-20(19-4-6-41(38,39)7-5-19)15-37-27(24)21(10-29)12-32-37/h2-4,8,11-13,15,22-23H,5-7,9,14,16-17H2,1H3. The number of fused-ring (bicyclic) bond motifs is 3. The topological polar surface area (TPSA) is 142 Å². The molecule has 0 spiro atoms. The Hall–Kier alpha value is -4.41. The predicted octanol–water partition coefficient (Wildman–Crippen LogP) is 2.13. The fourth-order valence-electron chi connectivity index (χ4n) is 6.00. The summed E-state index contributed by atoms with van der Waals surface area (Å²) in [6.45, 7) is 2.48. The fraction of sp³-hybridized carbons (Fsp3) is 0.357. The molecule has 2 unspecified atom stereocenters. The minimum Gasteiger partial charge on any atom is -0.481 e. The monoisotopic (exact) mass is 569 g/mol. The normalized spacial score (nSPS) is 21.7. The van der Waals surface area contributed by atoms with Gasteiger partial charge in [-0.2, -0.15) is 10.4 Å². The number of hydrogen-bond acceptors (Lipinski definition) is 11. The van der Waals surface area contributed by atoms with Gasteiger partial charge in [-0.15, -0.1) is 10.2 Å². The highest BCUT2D eigenvalue weighted by Crippen LogP contribution is 2.36. The summed E-state index contributed by atoms with van der Waals surface area (Å²) in [5, 5.41) is 23.1. The number of rotatable bonds is 6. The van der Waals surface area contributed by atoms with Crippen molar-refractivity contribution in [3.05, 3.63) is 65.8 Å². The number of ether oxygens (including phenoxy) is 1. The molecular weight excluding hydrogens is 542 g/mol. The van der Waals surface area contributed by atoms with Crippen molar-refractivity contribution in [2.24, 2.45) is 0 Å². The minimum absolute atomic E-state index is 0.0144. The van der Waals surface area contributed by atoms with Crippen LogP contribution in [0.3, 0.4) is 0 Å². The zero-order valence-corrected chi connectivity index (χ0v) is 23.2. The lowest BCUT2D eigenvalue weighted by atomic mass is 9.87. The van der Waals surface area contributed by atoms with Gasteiger partial charge in [0.05, 0.1) is 42.1 Å². The molecule has 0 aliphatic carbocycles. The lowest BCUT2D eigenvalue weighted by molar-refractivity contribution is -0.00910. The van der Waals surface area contributed by atoms with E-state index in [0.717, 1.165) is 42.8 Å². The van der Waals surface area contributed by atoms with E-state index in [-0.39, 0.29) is 11.5 Å². The molecule has 0 saturated carbocycles. The van der Waals surface area contributed by atoms with E-state index < -0.39 is 9.84 Å². The molecule has 2 bridgehead atoms. The smallest absolute Gasteiger partial charge is 0.245 e. The highest BCUT2D eigenvalue weighted by molar-refractivity contribution is 7.91. The maximum absolute atomic E-state index is 11.9. The van der Waals surface area contributed by atoms with E-state index in [1.807, 2.05) is 24.5 Å². The van der Waals surface area contributed by atoms with Crippen LogP contribution in [0.1, 0.15) is 29.5 Å². The van der Waals surface area contributed by atoms with Crippen LogP contribution >= 0.6 is 0 Å². The molecule has 0 amide bonds. The molecule has 13 heteroatoms. The van der Waals surface area contributed by atoms with Gasteiger partial charge in [0.25, 0.3) is 0 Å². The largest absolute Gasteiger partial charge is 0.481 e. The number of pyridine rings is 2. The molecular formula is C28H27N9O3S. The summed E-state index contributed by atoms with van der Waals surface area (Å²) < 4.78 is 30.7. The first-order valence-corrected chi connectivity index (χ1v) is 15.2. The molecule has 41 heavy (non-hydrogen) atoms. The molecule has 12 nitrogen and oxygen atoms in total. The van der Waals surface area contributed by atoms with Crippen molar-refractivity contribution in [1.82, 2.24) is 34.7 Å². The highest BCUT2D eigenvalue weighted by atomic mass is 32.2. The number of piperazine rings is 1. The van der Waals surface area contributed by atoms with E-state index in [4.69, 9.17) is 4.74 Å². The van der Waals surface area contributed by atoms with Gasteiger partial charge in [-0.25, -0.2) is 22.9 Å². The predicted molar refractivity (Wildman–Crippen MR) is 151 cm³/mol. The number of nitriles is 1. The number of hydrogen-bond donors (Lipinski definition) is 0. The van der Waals surface area contributed by atoms with Gasteiger partial charge in [-0.3, -0.25) is 4.90 Å². The van der Waals surface area contributed by atoms with Crippen molar-refractivity contribution in [2.75, 3.05) is 36.6 Å². The fourth-order valence-corrected chi connectivity index (χ4v) is 7.15. The third-order valence-electron chi connectivity index (χ3n) is 8.19. The van der Waals surface area contributed by atoms with Crippen LogP contribution < -0.4 is 9.64 Å². The van der Waals surface area contributed by atoms with Gasteiger partial charge in [0, 0.05) is 55.7 Å². The van der Waals surface area contributed by atoms with Gasteiger partial charge in [-0.05, 0) is 35.6 Å². The van der Waals surface area contributed by atoms with Crippen LogP contribution in [0.4, 0.5) is 5.95 Å². The van der Waals surface area contributed by atoms with Crippen molar-refractivity contribution in [3.8, 4) is 23.2 Å². The van der Waals surface area contributed by atoms with Crippen LogP contribution in [0.15, 0.2) is 49.1 Å². The summed E-state index contributed by atoms with van der Waals surface area (Å²) in [4.78, 5) is 13.7. The highest BCUT2D eigenvalue weighted by Gasteiger charge is 2.45. The Morgan fingerprint density at radius 2 is 1.98 bits per heavy atom. The lowest BCUT2D eigenvalue weighted by Crippen LogP contribution is -2.68. The molecule has 208 valence electrons. The summed E-state index contributed by atoms with van der Waals surface area (Å²) in [6.07, 6.45) is 10.2. The number of anilines is 1. The molecule has 8 heterocycles. The summed E-state index contributed by atoms with van der Waals surface area (Å²) in [6, 6.07) is 8.89. The number of allylic oxidation sites excluding steroid dienone is 1. The second-order valence-electron chi connectivity index (χ2n) is 10.7. The van der Waals surface area contributed by atoms with Gasteiger partial charge in [-0.1, -0.05) is 12.1 Å². The number of sulfone groups is 1. The first kappa shape index (κ1) is 25.6. The lowest BCUT2D eigenvalue weighted by Gasteiger charge is -2.56. The van der Waals surface area contributed by atoms with Crippen LogP contribution in [0, 0.1) is 11.3 Å². The molecule has 4 aromatic heterocycles. The van der Waals surface area contributed by atoms with Crippen molar-refractivity contribution in [3.63, 3.8) is 0 Å². The summed E-state index contributed by atoms with van der Waals surface area (Å²) in [5.41, 5.74) is 5.16. The molecule has 0 radical (unpaired) electrons. The van der Waals surface area contributed by atoms with Gasteiger partial charge in [0.15, 0.2) is 9.84 Å². The van der Waals surface area contributed by atoms with Crippen LogP contribution in [-0.2, 0) is 16.4 Å². The first-order chi connectivity index (χ1) is 19.9. The Bertz CT molecular complexity index is 1800. The Labute approximate surface area is 236 Å². The van der Waals surface area contributed by atoms with E-state index in [1.54, 1.807) is 23.9 Å². The molecule has 8 rings (SSSR count). The summed E-state index contributed by atoms with van der Waals surface area (Å²) in [5.74, 6) is 1.32. The molecule has 3 fully saturated rings. The van der Waals surface area contributed by atoms with E-state index >= 15 is 0 Å². The van der Waals surface area contributed by atoms with Crippen LogP contribution in [0.5, 0.6) is 5.88 Å². The van der Waals surface area contributed by atoms with Crippen molar-refractivity contribution in [1.29, 1.82) is 5.26 Å². The van der Waals surface area contributed by atoms with Gasteiger partial charge < -0.3 is 9.64 Å². The molecule has 0 aromatic carbocycles. The molecule has 2 atom stereocenters. The van der Waals surface area contributed by atoms with E-state index in [0.29, 0.717) is 52.7 Å². The Morgan fingerprint density at radius 3 is 2.63 bits per heavy atom. The van der Waals surface area contributed by atoms with Crippen LogP contribution in [0.25, 0.3) is 22.3 Å². The van der Waals surface area contributed by atoms with Gasteiger partial charge in [0.2, 0.25) is 11.8 Å². The van der Waals surface area contributed by atoms with Crippen LogP contribution in [-0.4, -0.2) is 86.9 Å². The van der Waals surface area contributed by atoms with E-state index in [1.165, 1.54) is 6.20 Å². The molecule has 4 aliphatic rings. The third-order valence-corrected chi connectivity index (χ3v) is 9.69. The van der Waals surface area contributed by atoms with Gasteiger partial charge >= 0.3 is 0 Å². The SMILES string of the molecule is COc1ccc(CN2C3CC2CN(c2ncc(-c4cc(C5=CCS(=O)(=O)CC5)cn5ncc(C#N)c45)nn2)C3)cn1. The second kappa shape index (κ2) is 9.90. The summed E-state index contributed by atoms with van der Waals surface area (Å²) in [7, 11) is -1.44. The van der Waals surface area contributed by atoms with Crippen LogP contribution in [0.2, 0.25) is 0 Å².